The molecule has 1 fully saturated rings. The molecule has 4 aromatic rings. The molecule has 0 radical (unpaired) electrons. The molecule has 2 aliphatic heterocycles. The maximum atomic E-state index is 14.2. The van der Waals surface area contributed by atoms with Crippen LogP contribution in [-0.2, 0) is 26.3 Å². The molecule has 2 atom stereocenters. The van der Waals surface area contributed by atoms with Crippen LogP contribution in [0, 0.1) is 0 Å². The SMILES string of the molecule is COC(=O)Nc1ccc2c(NC(Cc3ccccc3)C(=O)N3CCC[C@@]4(C3)OC(=O)Nc3ccc(Cl)cc34)noc2c1. The predicted molar refractivity (Wildman–Crippen MR) is 157 cm³/mol. The average Bonchev–Trinajstić information content (AvgIpc) is 3.39. The lowest BCUT2D eigenvalue weighted by Gasteiger charge is -2.45. The summed E-state index contributed by atoms with van der Waals surface area (Å²) >= 11 is 6.32. The van der Waals surface area contributed by atoms with Crippen molar-refractivity contribution in [1.82, 2.24) is 10.1 Å². The highest BCUT2D eigenvalue weighted by Gasteiger charge is 2.47. The van der Waals surface area contributed by atoms with E-state index in [4.69, 9.17) is 20.9 Å². The van der Waals surface area contributed by atoms with Crippen LogP contribution in [-0.4, -0.2) is 54.4 Å². The second kappa shape index (κ2) is 11.2. The quantitative estimate of drug-likeness (QED) is 0.258. The number of nitrogens with zero attached hydrogens (tertiary/aromatic N) is 2. The van der Waals surface area contributed by atoms with Crippen LogP contribution in [0.15, 0.2) is 71.3 Å². The monoisotopic (exact) mass is 589 g/mol. The van der Waals surface area contributed by atoms with Crippen LogP contribution < -0.4 is 16.0 Å². The molecule has 0 aliphatic carbocycles. The Labute approximate surface area is 246 Å². The standard InChI is InChI=1S/C30H28ClN5O6/c1-40-28(38)32-20-9-10-21-25(16-20)42-35-26(21)33-24(14-18-6-3-2-4-7-18)27(37)36-13-5-12-30(17-36)22-15-19(31)8-11-23(22)34-29(39)41-30/h2-4,6-11,15-16,24H,5,12-14,17H2,1H3,(H,32,38)(H,33,35)(H,34,39)/t24?,30-/m0/s1. The van der Waals surface area contributed by atoms with Gasteiger partial charge in [-0.2, -0.15) is 0 Å². The Hall–Kier alpha value is -4.77. The molecular formula is C30H28ClN5O6. The molecule has 0 bridgehead atoms. The smallest absolute Gasteiger partial charge is 0.412 e. The van der Waals surface area contributed by atoms with Crippen molar-refractivity contribution in [2.75, 3.05) is 36.1 Å². The number of fused-ring (bicyclic) bond motifs is 3. The number of likely N-dealkylation sites (tertiary alicyclic amines) is 1. The molecule has 0 saturated carbocycles. The summed E-state index contributed by atoms with van der Waals surface area (Å²) in [6.45, 7) is 0.679. The van der Waals surface area contributed by atoms with E-state index in [0.717, 1.165) is 11.1 Å². The summed E-state index contributed by atoms with van der Waals surface area (Å²) in [7, 11) is 1.28. The van der Waals surface area contributed by atoms with Crippen molar-refractivity contribution in [2.45, 2.75) is 30.9 Å². The van der Waals surface area contributed by atoms with Gasteiger partial charge in [0.1, 0.15) is 6.04 Å². The molecule has 42 heavy (non-hydrogen) atoms. The summed E-state index contributed by atoms with van der Waals surface area (Å²) in [6, 6.07) is 19.3. The zero-order chi connectivity index (χ0) is 29.3. The van der Waals surface area contributed by atoms with Gasteiger partial charge in [0, 0.05) is 35.3 Å². The number of methoxy groups -OCH3 is 1. The van der Waals surface area contributed by atoms with Crippen molar-refractivity contribution >= 4 is 57.9 Å². The zero-order valence-electron chi connectivity index (χ0n) is 22.7. The number of aromatic nitrogens is 1. The topological polar surface area (TPSA) is 135 Å². The van der Waals surface area contributed by atoms with Gasteiger partial charge in [0.2, 0.25) is 5.91 Å². The molecule has 11 nitrogen and oxygen atoms in total. The normalized spacial score (nSPS) is 18.5. The highest BCUT2D eigenvalue weighted by Crippen LogP contribution is 2.43. The fraction of sp³-hybridized carbons (Fsp3) is 0.267. The van der Waals surface area contributed by atoms with E-state index in [-0.39, 0.29) is 12.5 Å². The number of benzene rings is 3. The Morgan fingerprint density at radius 2 is 2.00 bits per heavy atom. The summed E-state index contributed by atoms with van der Waals surface area (Å²) in [5.74, 6) is 0.220. The van der Waals surface area contributed by atoms with Gasteiger partial charge in [-0.05, 0) is 48.7 Å². The molecule has 1 spiro atoms. The first kappa shape index (κ1) is 27.4. The van der Waals surface area contributed by atoms with Crippen LogP contribution in [0.4, 0.5) is 26.8 Å². The minimum absolute atomic E-state index is 0.170. The molecule has 3 N–H and O–H groups in total. The van der Waals surface area contributed by atoms with Crippen LogP contribution >= 0.6 is 11.6 Å². The van der Waals surface area contributed by atoms with E-state index in [9.17, 15) is 14.4 Å². The first-order chi connectivity index (χ1) is 20.3. The summed E-state index contributed by atoms with van der Waals surface area (Å²) in [5.41, 5.74) is 2.21. The fourth-order valence-electron chi connectivity index (χ4n) is 5.61. The molecule has 12 heteroatoms. The van der Waals surface area contributed by atoms with Crippen molar-refractivity contribution in [2.24, 2.45) is 0 Å². The third-order valence-corrected chi connectivity index (χ3v) is 7.79. The van der Waals surface area contributed by atoms with Gasteiger partial charge >= 0.3 is 12.2 Å². The summed E-state index contributed by atoms with van der Waals surface area (Å²) in [4.78, 5) is 40.1. The largest absolute Gasteiger partial charge is 0.453 e. The molecule has 1 aromatic heterocycles. The molecule has 3 heterocycles. The molecule has 3 amide bonds. The van der Waals surface area contributed by atoms with Gasteiger partial charge in [0.05, 0.1) is 24.7 Å². The zero-order valence-corrected chi connectivity index (χ0v) is 23.4. The number of nitrogens with one attached hydrogen (secondary N) is 3. The van der Waals surface area contributed by atoms with Crippen LogP contribution in [0.25, 0.3) is 11.0 Å². The minimum Gasteiger partial charge on any atom is -0.453 e. The molecule has 216 valence electrons. The van der Waals surface area contributed by atoms with Gasteiger partial charge in [-0.15, -0.1) is 0 Å². The van der Waals surface area contributed by atoms with E-state index in [1.807, 2.05) is 30.3 Å². The summed E-state index contributed by atoms with van der Waals surface area (Å²) in [5, 5.41) is 14.0. The third kappa shape index (κ3) is 5.42. The Morgan fingerprint density at radius 1 is 1.17 bits per heavy atom. The van der Waals surface area contributed by atoms with Crippen LogP contribution in [0.3, 0.4) is 0 Å². The van der Waals surface area contributed by atoms with Crippen LogP contribution in [0.1, 0.15) is 24.0 Å². The van der Waals surface area contributed by atoms with E-state index in [0.29, 0.717) is 59.0 Å². The van der Waals surface area contributed by atoms with Crippen molar-refractivity contribution in [3.63, 3.8) is 0 Å². The number of carbonyl (C=O) groups excluding carboxylic acids is 3. The molecule has 1 unspecified atom stereocenters. The van der Waals surface area contributed by atoms with Gasteiger partial charge in [-0.25, -0.2) is 9.59 Å². The van der Waals surface area contributed by atoms with E-state index < -0.39 is 23.8 Å². The van der Waals surface area contributed by atoms with Gasteiger partial charge in [-0.1, -0.05) is 47.1 Å². The first-order valence-corrected chi connectivity index (χ1v) is 13.8. The van der Waals surface area contributed by atoms with Gasteiger partial charge in [0.25, 0.3) is 0 Å². The number of hydrogen-bond donors (Lipinski definition) is 3. The van der Waals surface area contributed by atoms with Crippen molar-refractivity contribution in [3.05, 3.63) is 82.9 Å². The van der Waals surface area contributed by atoms with Gasteiger partial charge in [0.15, 0.2) is 17.0 Å². The van der Waals surface area contributed by atoms with E-state index in [1.165, 1.54) is 7.11 Å². The number of ether oxygens (including phenoxy) is 2. The van der Waals surface area contributed by atoms with Gasteiger partial charge in [-0.3, -0.25) is 15.4 Å². The maximum absolute atomic E-state index is 14.2. The number of rotatable bonds is 6. The number of carbonyl (C=O) groups is 3. The second-order valence-corrected chi connectivity index (χ2v) is 10.7. The lowest BCUT2D eigenvalue weighted by Crippen LogP contribution is -2.56. The van der Waals surface area contributed by atoms with Crippen LogP contribution in [0.2, 0.25) is 5.02 Å². The number of hydrogen-bond acceptors (Lipinski definition) is 8. The number of anilines is 3. The lowest BCUT2D eigenvalue weighted by atomic mass is 9.83. The first-order valence-electron chi connectivity index (χ1n) is 13.5. The lowest BCUT2D eigenvalue weighted by molar-refractivity contribution is -0.139. The second-order valence-electron chi connectivity index (χ2n) is 10.3. The van der Waals surface area contributed by atoms with Gasteiger partial charge < -0.3 is 24.2 Å². The van der Waals surface area contributed by atoms with Crippen LogP contribution in [0.5, 0.6) is 0 Å². The van der Waals surface area contributed by atoms with Crippen molar-refractivity contribution < 1.29 is 28.4 Å². The fourth-order valence-corrected chi connectivity index (χ4v) is 5.78. The molecule has 2 aliphatic rings. The molecule has 1 saturated heterocycles. The van der Waals surface area contributed by atoms with E-state index in [1.54, 1.807) is 41.3 Å². The highest BCUT2D eigenvalue weighted by atomic mass is 35.5. The third-order valence-electron chi connectivity index (χ3n) is 7.56. The number of halogens is 1. The molecule has 3 aromatic carbocycles. The van der Waals surface area contributed by atoms with E-state index >= 15 is 0 Å². The summed E-state index contributed by atoms with van der Waals surface area (Å²) in [6.07, 6.45) is 0.400. The van der Waals surface area contributed by atoms with E-state index in [2.05, 4.69) is 25.8 Å². The summed E-state index contributed by atoms with van der Waals surface area (Å²) < 4.78 is 16.1. The maximum Gasteiger partial charge on any atom is 0.412 e. The Balaban J connectivity index is 1.29. The Bertz CT molecular complexity index is 1660. The van der Waals surface area contributed by atoms with Crippen molar-refractivity contribution in [1.29, 1.82) is 0 Å². The number of piperidine rings is 1. The Kier molecular flexibility index (Phi) is 7.34. The van der Waals surface area contributed by atoms with Crippen molar-refractivity contribution in [3.8, 4) is 0 Å². The molecular weight excluding hydrogens is 562 g/mol. The molecule has 6 rings (SSSR count). The highest BCUT2D eigenvalue weighted by molar-refractivity contribution is 6.30. The predicted octanol–water partition coefficient (Wildman–Crippen LogP) is 5.76. The Morgan fingerprint density at radius 3 is 2.81 bits per heavy atom. The number of amides is 3. The minimum atomic E-state index is -1.02. The average molecular weight is 590 g/mol.